The van der Waals surface area contributed by atoms with Crippen molar-refractivity contribution in [1.82, 2.24) is 9.78 Å². The van der Waals surface area contributed by atoms with E-state index in [4.69, 9.17) is 0 Å². The van der Waals surface area contributed by atoms with Crippen molar-refractivity contribution in [3.05, 3.63) is 51.8 Å². The Balaban J connectivity index is 2.32. The topological polar surface area (TPSA) is 38.0 Å². The van der Waals surface area contributed by atoms with Crippen LogP contribution in [0.4, 0.5) is 0 Å². The number of aromatic nitrogens is 2. The molecule has 1 N–H and O–H groups in total. The summed E-state index contributed by atoms with van der Waals surface area (Å²) in [5.41, 5.74) is 2.86. The Bertz CT molecular complexity index is 536. The zero-order valence-corrected chi connectivity index (χ0v) is 12.2. The minimum absolute atomic E-state index is 0.620. The predicted molar refractivity (Wildman–Crippen MR) is 75.5 cm³/mol. The summed E-state index contributed by atoms with van der Waals surface area (Å²) in [5, 5.41) is 14.7. The van der Waals surface area contributed by atoms with Gasteiger partial charge in [-0.25, -0.2) is 0 Å². The van der Waals surface area contributed by atoms with Crippen molar-refractivity contribution in [2.24, 2.45) is 0 Å². The van der Waals surface area contributed by atoms with Gasteiger partial charge in [0.05, 0.1) is 5.69 Å². The molecule has 2 aromatic rings. The van der Waals surface area contributed by atoms with E-state index in [-0.39, 0.29) is 0 Å². The van der Waals surface area contributed by atoms with E-state index in [2.05, 4.69) is 28.0 Å². The Morgan fingerprint density at radius 1 is 1.39 bits per heavy atom. The maximum atomic E-state index is 10.4. The van der Waals surface area contributed by atoms with Gasteiger partial charge in [0, 0.05) is 17.2 Å². The lowest BCUT2D eigenvalue weighted by Crippen LogP contribution is -2.10. The second-order valence-corrected chi connectivity index (χ2v) is 5.24. The highest BCUT2D eigenvalue weighted by molar-refractivity contribution is 9.10. The molecule has 4 heteroatoms. The first kappa shape index (κ1) is 13.3. The van der Waals surface area contributed by atoms with Gasteiger partial charge in [0.1, 0.15) is 6.10 Å². The molecule has 18 heavy (non-hydrogen) atoms. The van der Waals surface area contributed by atoms with Crippen molar-refractivity contribution < 1.29 is 5.11 Å². The van der Waals surface area contributed by atoms with E-state index in [0.717, 1.165) is 34.3 Å². The fourth-order valence-electron chi connectivity index (χ4n) is 1.98. The number of nitrogens with zero attached hydrogens (tertiary/aromatic N) is 2. The Labute approximate surface area is 116 Å². The van der Waals surface area contributed by atoms with E-state index in [1.54, 1.807) is 6.20 Å². The molecular formula is C14H17BrN2O. The average molecular weight is 309 g/mol. The Hall–Kier alpha value is -1.13. The number of benzene rings is 1. The molecule has 1 aromatic carbocycles. The Morgan fingerprint density at radius 2 is 2.17 bits per heavy atom. The van der Waals surface area contributed by atoms with Gasteiger partial charge in [0.25, 0.3) is 0 Å². The normalized spacial score (nSPS) is 12.7. The van der Waals surface area contributed by atoms with Gasteiger partial charge in [-0.05, 0) is 36.6 Å². The third kappa shape index (κ3) is 2.65. The maximum absolute atomic E-state index is 10.4. The number of aliphatic hydroxyl groups is 1. The number of halogens is 1. The first-order valence-corrected chi connectivity index (χ1v) is 6.88. The molecular weight excluding hydrogens is 292 g/mol. The van der Waals surface area contributed by atoms with Crippen molar-refractivity contribution in [3.8, 4) is 0 Å². The predicted octanol–water partition coefficient (Wildman–Crippen LogP) is 3.45. The summed E-state index contributed by atoms with van der Waals surface area (Å²) in [6.45, 7) is 4.94. The first-order valence-electron chi connectivity index (χ1n) is 6.09. The second-order valence-electron chi connectivity index (χ2n) is 4.39. The van der Waals surface area contributed by atoms with E-state index in [9.17, 15) is 5.11 Å². The Morgan fingerprint density at radius 3 is 2.83 bits per heavy atom. The average Bonchev–Trinajstić information content (AvgIpc) is 2.80. The van der Waals surface area contributed by atoms with Crippen molar-refractivity contribution in [2.45, 2.75) is 32.9 Å². The highest BCUT2D eigenvalue weighted by atomic mass is 79.9. The van der Waals surface area contributed by atoms with Gasteiger partial charge in [0.2, 0.25) is 0 Å². The molecule has 0 aliphatic carbocycles. The van der Waals surface area contributed by atoms with Gasteiger partial charge in [-0.1, -0.05) is 35.0 Å². The molecule has 0 spiro atoms. The first-order chi connectivity index (χ1) is 8.63. The zero-order chi connectivity index (χ0) is 13.1. The van der Waals surface area contributed by atoms with E-state index in [1.165, 1.54) is 0 Å². The second kappa shape index (κ2) is 5.67. The molecule has 3 nitrogen and oxygen atoms in total. The molecule has 2 rings (SSSR count). The summed E-state index contributed by atoms with van der Waals surface area (Å²) in [6.07, 6.45) is 2.12. The van der Waals surface area contributed by atoms with Gasteiger partial charge in [-0.3, -0.25) is 4.68 Å². The molecule has 0 radical (unpaired) electrons. The van der Waals surface area contributed by atoms with Gasteiger partial charge < -0.3 is 5.11 Å². The lowest BCUT2D eigenvalue weighted by atomic mass is 10.0. The van der Waals surface area contributed by atoms with E-state index >= 15 is 0 Å². The summed E-state index contributed by atoms with van der Waals surface area (Å²) in [6, 6.07) is 7.77. The monoisotopic (exact) mass is 308 g/mol. The van der Waals surface area contributed by atoms with E-state index < -0.39 is 6.10 Å². The summed E-state index contributed by atoms with van der Waals surface area (Å²) in [5.74, 6) is 0. The fraction of sp³-hybridized carbons (Fsp3) is 0.357. The van der Waals surface area contributed by atoms with Crippen LogP contribution < -0.4 is 0 Å². The molecule has 96 valence electrons. The molecule has 0 saturated carbocycles. The summed E-state index contributed by atoms with van der Waals surface area (Å²) in [4.78, 5) is 0. The van der Waals surface area contributed by atoms with Crippen molar-refractivity contribution in [2.75, 3.05) is 0 Å². The van der Waals surface area contributed by atoms with E-state index in [0.29, 0.717) is 0 Å². The molecule has 0 saturated heterocycles. The van der Waals surface area contributed by atoms with Crippen LogP contribution in [0, 0.1) is 6.92 Å². The lowest BCUT2D eigenvalue weighted by Gasteiger charge is -2.14. The largest absolute Gasteiger partial charge is 0.382 e. The SMILES string of the molecule is CCCn1nccc1C(O)c1ccc(Br)c(C)c1. The summed E-state index contributed by atoms with van der Waals surface area (Å²) >= 11 is 3.47. The Kier molecular flexibility index (Phi) is 4.19. The molecule has 1 aromatic heterocycles. The number of hydrogen-bond donors (Lipinski definition) is 1. The molecule has 0 aliphatic rings. The third-order valence-corrected chi connectivity index (χ3v) is 3.85. The van der Waals surface area contributed by atoms with Crippen LogP contribution in [0.2, 0.25) is 0 Å². The minimum atomic E-state index is -0.620. The van der Waals surface area contributed by atoms with Crippen LogP contribution in [-0.2, 0) is 6.54 Å². The van der Waals surface area contributed by atoms with Crippen LogP contribution in [0.25, 0.3) is 0 Å². The van der Waals surface area contributed by atoms with Gasteiger partial charge in [-0.2, -0.15) is 5.10 Å². The number of rotatable bonds is 4. The van der Waals surface area contributed by atoms with Crippen LogP contribution in [-0.4, -0.2) is 14.9 Å². The molecule has 1 atom stereocenters. The molecule has 0 fully saturated rings. The van der Waals surface area contributed by atoms with Crippen LogP contribution in [0.3, 0.4) is 0 Å². The quantitative estimate of drug-likeness (QED) is 0.939. The maximum Gasteiger partial charge on any atom is 0.121 e. The standard InChI is InChI=1S/C14H17BrN2O/c1-3-8-17-13(6-7-16-17)14(18)11-4-5-12(15)10(2)9-11/h4-7,9,14,18H,3,8H2,1-2H3. The lowest BCUT2D eigenvalue weighted by molar-refractivity contribution is 0.207. The van der Waals surface area contributed by atoms with Crippen LogP contribution >= 0.6 is 15.9 Å². The zero-order valence-electron chi connectivity index (χ0n) is 10.6. The number of aliphatic hydroxyl groups excluding tert-OH is 1. The van der Waals surface area contributed by atoms with Crippen LogP contribution in [0.1, 0.15) is 36.3 Å². The van der Waals surface area contributed by atoms with Gasteiger partial charge in [-0.15, -0.1) is 0 Å². The molecule has 1 unspecified atom stereocenters. The van der Waals surface area contributed by atoms with Gasteiger partial charge in [0.15, 0.2) is 0 Å². The molecule has 0 amide bonds. The van der Waals surface area contributed by atoms with Gasteiger partial charge >= 0.3 is 0 Å². The highest BCUT2D eigenvalue weighted by Crippen LogP contribution is 2.25. The summed E-state index contributed by atoms with van der Waals surface area (Å²) < 4.78 is 2.92. The smallest absolute Gasteiger partial charge is 0.121 e. The molecule has 0 aliphatic heterocycles. The summed E-state index contributed by atoms with van der Waals surface area (Å²) in [7, 11) is 0. The van der Waals surface area contributed by atoms with Crippen LogP contribution in [0.5, 0.6) is 0 Å². The fourth-order valence-corrected chi connectivity index (χ4v) is 2.23. The third-order valence-electron chi connectivity index (χ3n) is 2.96. The van der Waals surface area contributed by atoms with E-state index in [1.807, 2.05) is 35.9 Å². The number of aryl methyl sites for hydroxylation is 2. The molecule has 1 heterocycles. The van der Waals surface area contributed by atoms with Crippen molar-refractivity contribution >= 4 is 15.9 Å². The van der Waals surface area contributed by atoms with Crippen molar-refractivity contribution in [3.63, 3.8) is 0 Å². The number of hydrogen-bond acceptors (Lipinski definition) is 2. The highest BCUT2D eigenvalue weighted by Gasteiger charge is 2.15. The minimum Gasteiger partial charge on any atom is -0.382 e. The van der Waals surface area contributed by atoms with Crippen molar-refractivity contribution in [1.29, 1.82) is 0 Å². The van der Waals surface area contributed by atoms with Crippen LogP contribution in [0.15, 0.2) is 34.9 Å². The molecule has 0 bridgehead atoms.